The third kappa shape index (κ3) is 6.25. The standard InChI is InChI=1S/C24H43N5/c1-5-20(17-16-18-12-8-6-9-13-18)26-22-27-21(23(2,3)4)28-24(25,29-22)19-14-10-7-11-15-19/h6,8-9,12-13,19-22,26-29H,5,7,10-11,14-17,25H2,1-4H3. The van der Waals surface area contributed by atoms with Crippen LogP contribution in [0.3, 0.4) is 0 Å². The molecule has 4 atom stereocenters. The molecule has 2 aliphatic rings. The minimum absolute atomic E-state index is 0.00752. The molecule has 5 heteroatoms. The van der Waals surface area contributed by atoms with Gasteiger partial charge in [0, 0.05) is 12.0 Å². The Hall–Kier alpha value is -0.980. The van der Waals surface area contributed by atoms with Crippen molar-refractivity contribution < 1.29 is 0 Å². The Labute approximate surface area is 178 Å². The van der Waals surface area contributed by atoms with Gasteiger partial charge in [-0.2, -0.15) is 0 Å². The normalized spacial score (nSPS) is 30.2. The van der Waals surface area contributed by atoms with Gasteiger partial charge in [-0.25, -0.2) is 0 Å². The second kappa shape index (κ2) is 9.88. The largest absolute Gasteiger partial charge is 0.301 e. The maximum absolute atomic E-state index is 6.99. The molecule has 0 amide bonds. The van der Waals surface area contributed by atoms with Crippen LogP contribution in [0.4, 0.5) is 0 Å². The van der Waals surface area contributed by atoms with Gasteiger partial charge in [-0.3, -0.25) is 21.3 Å². The molecular weight excluding hydrogens is 358 g/mol. The van der Waals surface area contributed by atoms with E-state index in [0.717, 1.165) is 19.3 Å². The maximum Gasteiger partial charge on any atom is 0.127 e. The summed E-state index contributed by atoms with van der Waals surface area (Å²) in [4.78, 5) is 0. The smallest absolute Gasteiger partial charge is 0.127 e. The molecule has 1 aliphatic carbocycles. The molecule has 1 aromatic rings. The molecule has 1 aliphatic heterocycles. The van der Waals surface area contributed by atoms with E-state index in [4.69, 9.17) is 5.73 Å². The molecule has 29 heavy (non-hydrogen) atoms. The van der Waals surface area contributed by atoms with Crippen LogP contribution in [0.15, 0.2) is 30.3 Å². The van der Waals surface area contributed by atoms with Crippen LogP contribution in [0.1, 0.15) is 78.2 Å². The van der Waals surface area contributed by atoms with Crippen LogP contribution in [0.25, 0.3) is 0 Å². The Morgan fingerprint density at radius 2 is 1.79 bits per heavy atom. The van der Waals surface area contributed by atoms with Crippen molar-refractivity contribution in [2.24, 2.45) is 17.1 Å². The minimum Gasteiger partial charge on any atom is -0.301 e. The highest BCUT2D eigenvalue weighted by Crippen LogP contribution is 2.32. The number of rotatable bonds is 7. The lowest BCUT2D eigenvalue weighted by Gasteiger charge is -2.53. The molecule has 1 aromatic carbocycles. The van der Waals surface area contributed by atoms with Crippen molar-refractivity contribution in [1.29, 1.82) is 0 Å². The molecule has 4 unspecified atom stereocenters. The van der Waals surface area contributed by atoms with Crippen molar-refractivity contribution in [2.75, 3.05) is 0 Å². The van der Waals surface area contributed by atoms with E-state index in [-0.39, 0.29) is 17.9 Å². The molecule has 0 bridgehead atoms. The first-order valence-corrected chi connectivity index (χ1v) is 11.7. The fourth-order valence-corrected chi connectivity index (χ4v) is 4.75. The molecular formula is C24H43N5. The van der Waals surface area contributed by atoms with Gasteiger partial charge < -0.3 is 5.73 Å². The van der Waals surface area contributed by atoms with Crippen LogP contribution in [-0.4, -0.2) is 24.3 Å². The average Bonchev–Trinajstić information content (AvgIpc) is 2.71. The molecule has 0 aromatic heterocycles. The fourth-order valence-electron chi connectivity index (χ4n) is 4.75. The summed E-state index contributed by atoms with van der Waals surface area (Å²) in [7, 11) is 0. The van der Waals surface area contributed by atoms with Gasteiger partial charge in [0.15, 0.2) is 0 Å². The topological polar surface area (TPSA) is 74.1 Å². The first kappa shape index (κ1) is 22.7. The van der Waals surface area contributed by atoms with Gasteiger partial charge in [0.2, 0.25) is 0 Å². The fraction of sp³-hybridized carbons (Fsp3) is 0.750. The van der Waals surface area contributed by atoms with E-state index < -0.39 is 5.79 Å². The molecule has 0 radical (unpaired) electrons. The number of nitrogens with two attached hydrogens (primary N) is 1. The lowest BCUT2D eigenvalue weighted by molar-refractivity contribution is -0.00287. The average molecular weight is 402 g/mol. The van der Waals surface area contributed by atoms with E-state index in [1.54, 1.807) is 0 Å². The summed E-state index contributed by atoms with van der Waals surface area (Å²) in [6.07, 6.45) is 9.78. The molecule has 1 saturated heterocycles. The summed E-state index contributed by atoms with van der Waals surface area (Å²) in [6.45, 7) is 9.08. The van der Waals surface area contributed by atoms with Crippen molar-refractivity contribution in [3.63, 3.8) is 0 Å². The van der Waals surface area contributed by atoms with Gasteiger partial charge in [-0.15, -0.1) is 0 Å². The summed E-state index contributed by atoms with van der Waals surface area (Å²) in [5.74, 6) is -0.0594. The van der Waals surface area contributed by atoms with Gasteiger partial charge in [0.1, 0.15) is 12.1 Å². The van der Waals surface area contributed by atoms with Crippen LogP contribution in [0.5, 0.6) is 0 Å². The third-order valence-electron chi connectivity index (χ3n) is 6.73. The van der Waals surface area contributed by atoms with Gasteiger partial charge >= 0.3 is 0 Å². The second-order valence-electron chi connectivity index (χ2n) is 10.2. The first-order valence-electron chi connectivity index (χ1n) is 11.7. The zero-order valence-corrected chi connectivity index (χ0v) is 18.9. The molecule has 0 spiro atoms. The first-order chi connectivity index (χ1) is 13.8. The van der Waals surface area contributed by atoms with Crippen molar-refractivity contribution in [3.8, 4) is 0 Å². The Bertz CT molecular complexity index is 607. The van der Waals surface area contributed by atoms with Crippen molar-refractivity contribution >= 4 is 0 Å². The summed E-state index contributed by atoms with van der Waals surface area (Å²) in [5, 5.41) is 15.0. The molecule has 1 saturated carbocycles. The molecule has 3 rings (SSSR count). The van der Waals surface area contributed by atoms with Crippen molar-refractivity contribution in [3.05, 3.63) is 35.9 Å². The number of aryl methyl sites for hydroxylation is 1. The lowest BCUT2D eigenvalue weighted by atomic mass is 9.82. The Morgan fingerprint density at radius 1 is 1.10 bits per heavy atom. The quantitative estimate of drug-likeness (QED) is 0.483. The molecule has 164 valence electrons. The Morgan fingerprint density at radius 3 is 2.41 bits per heavy atom. The minimum atomic E-state index is -0.529. The summed E-state index contributed by atoms with van der Waals surface area (Å²) >= 11 is 0. The zero-order chi connectivity index (χ0) is 20.9. The van der Waals surface area contributed by atoms with Gasteiger partial charge in [-0.1, -0.05) is 77.3 Å². The van der Waals surface area contributed by atoms with Crippen molar-refractivity contribution in [1.82, 2.24) is 21.3 Å². The van der Waals surface area contributed by atoms with E-state index in [2.05, 4.69) is 79.3 Å². The zero-order valence-electron chi connectivity index (χ0n) is 18.9. The van der Waals surface area contributed by atoms with Crippen LogP contribution >= 0.6 is 0 Å². The molecule has 2 fully saturated rings. The third-order valence-corrected chi connectivity index (χ3v) is 6.73. The number of hydrogen-bond acceptors (Lipinski definition) is 5. The van der Waals surface area contributed by atoms with Crippen molar-refractivity contribution in [2.45, 2.75) is 103 Å². The highest BCUT2D eigenvalue weighted by molar-refractivity contribution is 5.14. The summed E-state index contributed by atoms with van der Waals surface area (Å²) < 4.78 is 0. The second-order valence-corrected chi connectivity index (χ2v) is 10.2. The molecule has 6 N–H and O–H groups in total. The van der Waals surface area contributed by atoms with Gasteiger partial charge in [-0.05, 0) is 43.1 Å². The van der Waals surface area contributed by atoms with E-state index in [0.29, 0.717) is 12.0 Å². The molecule has 1 heterocycles. The highest BCUT2D eigenvalue weighted by atomic mass is 15.5. The van der Waals surface area contributed by atoms with Crippen LogP contribution in [0, 0.1) is 11.3 Å². The monoisotopic (exact) mass is 401 g/mol. The Kier molecular flexibility index (Phi) is 7.74. The van der Waals surface area contributed by atoms with E-state index in [9.17, 15) is 0 Å². The van der Waals surface area contributed by atoms with Gasteiger partial charge in [0.05, 0.1) is 6.17 Å². The number of benzene rings is 1. The molecule has 5 nitrogen and oxygen atoms in total. The van der Waals surface area contributed by atoms with E-state index >= 15 is 0 Å². The van der Waals surface area contributed by atoms with Crippen LogP contribution < -0.4 is 27.0 Å². The van der Waals surface area contributed by atoms with E-state index in [1.807, 2.05) is 0 Å². The summed E-state index contributed by atoms with van der Waals surface area (Å²) in [5.41, 5.74) is 8.47. The highest BCUT2D eigenvalue weighted by Gasteiger charge is 2.45. The lowest BCUT2D eigenvalue weighted by Crippen LogP contribution is -2.84. The van der Waals surface area contributed by atoms with Crippen LogP contribution in [-0.2, 0) is 6.42 Å². The van der Waals surface area contributed by atoms with E-state index in [1.165, 1.54) is 37.7 Å². The number of hydrogen-bond donors (Lipinski definition) is 5. The van der Waals surface area contributed by atoms with Crippen LogP contribution in [0.2, 0.25) is 0 Å². The van der Waals surface area contributed by atoms with Gasteiger partial charge in [0.25, 0.3) is 0 Å². The number of nitrogens with one attached hydrogen (secondary N) is 4. The predicted molar refractivity (Wildman–Crippen MR) is 122 cm³/mol. The maximum atomic E-state index is 6.99. The summed E-state index contributed by atoms with van der Waals surface area (Å²) in [6, 6.07) is 11.2. The predicted octanol–water partition coefficient (Wildman–Crippen LogP) is 3.62. The SMILES string of the molecule is CCC(CCc1ccccc1)NC1NC(C(C)(C)C)NC(N)(C2CCCCC2)N1. The Balaban J connectivity index is 1.66.